The maximum absolute atomic E-state index is 10.4. The number of fused-ring (bicyclic) bond motifs is 1. The summed E-state index contributed by atoms with van der Waals surface area (Å²) < 4.78 is 7.17. The van der Waals surface area contributed by atoms with Gasteiger partial charge in [0.25, 0.3) is 0 Å². The number of aliphatic hydroxyl groups excluding tert-OH is 3. The van der Waals surface area contributed by atoms with E-state index in [9.17, 15) is 15.3 Å². The van der Waals surface area contributed by atoms with E-state index in [4.69, 9.17) is 10.5 Å². The van der Waals surface area contributed by atoms with E-state index in [-0.39, 0.29) is 5.82 Å². The van der Waals surface area contributed by atoms with Gasteiger partial charge in [0, 0.05) is 11.8 Å². The third-order valence-electron chi connectivity index (χ3n) is 4.60. The molecule has 0 spiro atoms. The van der Waals surface area contributed by atoms with Crippen LogP contribution in [-0.4, -0.2) is 59.8 Å². The van der Waals surface area contributed by atoms with Gasteiger partial charge in [-0.15, -0.1) is 0 Å². The number of nitrogens with two attached hydrogens (primary N) is 1. The molecule has 0 radical (unpaired) electrons. The van der Waals surface area contributed by atoms with Crippen molar-refractivity contribution in [3.63, 3.8) is 0 Å². The van der Waals surface area contributed by atoms with E-state index in [1.807, 2.05) is 30.4 Å². The number of pyridine rings is 1. The highest BCUT2D eigenvalue weighted by Crippen LogP contribution is 2.36. The maximum Gasteiger partial charge on any atom is 0.151 e. The molecule has 140 valence electrons. The zero-order chi connectivity index (χ0) is 19.0. The summed E-state index contributed by atoms with van der Waals surface area (Å²) in [7, 11) is 0. The third-order valence-corrected chi connectivity index (χ3v) is 4.60. The van der Waals surface area contributed by atoms with Gasteiger partial charge in [0.15, 0.2) is 5.82 Å². The molecule has 0 bridgehead atoms. The second-order valence-corrected chi connectivity index (χ2v) is 6.28. The standard InChI is InChI=1S/C18H19N5O4/c19-18-14-10(4-5-11-3-1-2-6-20-11)7-12(23(14)22-9-21-18)17-16(26)15(25)13(8-24)27-17/h1-7,9,13,15-17,24-26H,8H2,(H2,19,21,22)/b5-4+/t13-,15-,16-,17+/m1/s1. The highest BCUT2D eigenvalue weighted by Gasteiger charge is 2.44. The average Bonchev–Trinajstić information content (AvgIpc) is 3.20. The molecule has 1 fully saturated rings. The summed E-state index contributed by atoms with van der Waals surface area (Å²) in [6.45, 7) is -0.401. The minimum Gasteiger partial charge on any atom is -0.394 e. The van der Waals surface area contributed by atoms with Crippen molar-refractivity contribution in [2.24, 2.45) is 0 Å². The molecule has 1 aliphatic rings. The highest BCUT2D eigenvalue weighted by molar-refractivity contribution is 5.84. The molecule has 3 aromatic rings. The lowest BCUT2D eigenvalue weighted by molar-refractivity contribution is -0.0244. The Labute approximate surface area is 154 Å². The number of nitrogens with zero attached hydrogens (tertiary/aromatic N) is 4. The second-order valence-electron chi connectivity index (χ2n) is 6.28. The molecule has 4 heterocycles. The lowest BCUT2D eigenvalue weighted by Gasteiger charge is -2.14. The molecule has 0 unspecified atom stereocenters. The molecule has 1 saturated heterocycles. The fourth-order valence-corrected chi connectivity index (χ4v) is 3.25. The Hall–Kier alpha value is -2.85. The van der Waals surface area contributed by atoms with E-state index < -0.39 is 31.0 Å². The monoisotopic (exact) mass is 369 g/mol. The number of hydrogen-bond donors (Lipinski definition) is 4. The van der Waals surface area contributed by atoms with Gasteiger partial charge in [0.05, 0.1) is 18.0 Å². The van der Waals surface area contributed by atoms with Crippen LogP contribution in [0.2, 0.25) is 0 Å². The smallest absolute Gasteiger partial charge is 0.151 e. The van der Waals surface area contributed by atoms with Crippen molar-refractivity contribution in [3.05, 3.63) is 53.7 Å². The Morgan fingerprint density at radius 2 is 2.04 bits per heavy atom. The molecule has 27 heavy (non-hydrogen) atoms. The van der Waals surface area contributed by atoms with E-state index >= 15 is 0 Å². The minimum atomic E-state index is -1.20. The molecule has 1 aliphatic heterocycles. The molecule has 9 nitrogen and oxygen atoms in total. The number of nitrogen functional groups attached to an aromatic ring is 1. The summed E-state index contributed by atoms with van der Waals surface area (Å²) in [5.74, 6) is 0.267. The molecule has 0 saturated carbocycles. The van der Waals surface area contributed by atoms with Gasteiger partial charge in [-0.3, -0.25) is 4.98 Å². The predicted octanol–water partition coefficient (Wildman–Crippen LogP) is 0.0309. The fourth-order valence-electron chi connectivity index (χ4n) is 3.25. The zero-order valence-corrected chi connectivity index (χ0v) is 14.3. The summed E-state index contributed by atoms with van der Waals surface area (Å²) >= 11 is 0. The van der Waals surface area contributed by atoms with Crippen LogP contribution in [-0.2, 0) is 4.74 Å². The van der Waals surface area contributed by atoms with E-state index in [0.29, 0.717) is 16.8 Å². The van der Waals surface area contributed by atoms with Crippen LogP contribution in [0.25, 0.3) is 17.7 Å². The van der Waals surface area contributed by atoms with Gasteiger partial charge >= 0.3 is 0 Å². The quantitative estimate of drug-likeness (QED) is 0.505. The number of ether oxygens (including phenoxy) is 1. The predicted molar refractivity (Wildman–Crippen MR) is 97.3 cm³/mol. The molecule has 0 amide bonds. The van der Waals surface area contributed by atoms with Crippen molar-refractivity contribution in [2.45, 2.75) is 24.4 Å². The first kappa shape index (κ1) is 17.6. The molecule has 3 aromatic heterocycles. The number of anilines is 1. The minimum absolute atomic E-state index is 0.267. The van der Waals surface area contributed by atoms with Crippen molar-refractivity contribution >= 4 is 23.5 Å². The Balaban J connectivity index is 1.79. The first-order valence-electron chi connectivity index (χ1n) is 8.44. The van der Waals surface area contributed by atoms with Crippen LogP contribution in [0.15, 0.2) is 36.8 Å². The van der Waals surface area contributed by atoms with E-state index in [2.05, 4.69) is 15.1 Å². The average molecular weight is 369 g/mol. The normalized spacial score (nSPS) is 25.6. The van der Waals surface area contributed by atoms with Crippen LogP contribution in [0.3, 0.4) is 0 Å². The number of aliphatic hydroxyl groups is 3. The highest BCUT2D eigenvalue weighted by atomic mass is 16.6. The van der Waals surface area contributed by atoms with Gasteiger partial charge in [0.2, 0.25) is 0 Å². The summed E-state index contributed by atoms with van der Waals surface area (Å²) in [4.78, 5) is 8.27. The van der Waals surface area contributed by atoms with Gasteiger partial charge in [-0.1, -0.05) is 12.1 Å². The Bertz CT molecular complexity index is 975. The fraction of sp³-hybridized carbons (Fsp3) is 0.278. The number of aromatic nitrogens is 4. The topological polar surface area (TPSA) is 139 Å². The van der Waals surface area contributed by atoms with Crippen LogP contribution >= 0.6 is 0 Å². The summed E-state index contributed by atoms with van der Waals surface area (Å²) in [5.41, 5.74) is 8.57. The first-order chi connectivity index (χ1) is 13.1. The van der Waals surface area contributed by atoms with Crippen LogP contribution in [0.4, 0.5) is 5.82 Å². The molecule has 0 aromatic carbocycles. The van der Waals surface area contributed by atoms with Crippen molar-refractivity contribution in [3.8, 4) is 0 Å². The molecule has 4 atom stereocenters. The van der Waals surface area contributed by atoms with Gasteiger partial charge in [-0.2, -0.15) is 5.10 Å². The maximum atomic E-state index is 10.4. The molecular formula is C18H19N5O4. The Morgan fingerprint density at radius 3 is 2.74 bits per heavy atom. The lowest BCUT2D eigenvalue weighted by Crippen LogP contribution is -2.32. The molecule has 9 heteroatoms. The van der Waals surface area contributed by atoms with E-state index in [1.165, 1.54) is 10.8 Å². The van der Waals surface area contributed by atoms with Crippen molar-refractivity contribution in [1.29, 1.82) is 0 Å². The van der Waals surface area contributed by atoms with Crippen LogP contribution in [0.5, 0.6) is 0 Å². The number of hydrogen-bond acceptors (Lipinski definition) is 8. The van der Waals surface area contributed by atoms with E-state index in [1.54, 1.807) is 12.3 Å². The zero-order valence-electron chi connectivity index (χ0n) is 14.3. The second kappa shape index (κ2) is 7.05. The summed E-state index contributed by atoms with van der Waals surface area (Å²) in [6, 6.07) is 7.34. The SMILES string of the molecule is Nc1ncnn2c([C@@H]3O[C@H](CO)[C@@H](O)[C@H]3O)cc(/C=C/c3ccccn3)c12. The van der Waals surface area contributed by atoms with Crippen molar-refractivity contribution < 1.29 is 20.1 Å². The largest absolute Gasteiger partial charge is 0.394 e. The van der Waals surface area contributed by atoms with Crippen LogP contribution in [0, 0.1) is 0 Å². The molecule has 5 N–H and O–H groups in total. The first-order valence-corrected chi connectivity index (χ1v) is 8.44. The van der Waals surface area contributed by atoms with Crippen molar-refractivity contribution in [2.75, 3.05) is 12.3 Å². The Morgan fingerprint density at radius 1 is 1.19 bits per heavy atom. The molecular weight excluding hydrogens is 350 g/mol. The van der Waals surface area contributed by atoms with Crippen LogP contribution in [0.1, 0.15) is 23.1 Å². The van der Waals surface area contributed by atoms with Gasteiger partial charge in [-0.05, 0) is 24.3 Å². The lowest BCUT2D eigenvalue weighted by atomic mass is 10.1. The van der Waals surface area contributed by atoms with Gasteiger partial charge in [-0.25, -0.2) is 9.50 Å². The summed E-state index contributed by atoms with van der Waals surface area (Å²) in [6.07, 6.45) is 2.50. The molecule has 4 rings (SSSR count). The third kappa shape index (κ3) is 3.06. The van der Waals surface area contributed by atoms with Crippen molar-refractivity contribution in [1.82, 2.24) is 19.6 Å². The van der Waals surface area contributed by atoms with Gasteiger partial charge < -0.3 is 25.8 Å². The van der Waals surface area contributed by atoms with Crippen LogP contribution < -0.4 is 5.73 Å². The van der Waals surface area contributed by atoms with E-state index in [0.717, 1.165) is 5.69 Å². The van der Waals surface area contributed by atoms with Gasteiger partial charge in [0.1, 0.15) is 36.3 Å². The molecule has 0 aliphatic carbocycles. The summed E-state index contributed by atoms with van der Waals surface area (Å²) in [5, 5.41) is 33.9. The Kier molecular flexibility index (Phi) is 4.58. The number of rotatable bonds is 4.